The summed E-state index contributed by atoms with van der Waals surface area (Å²) < 4.78 is 0. The summed E-state index contributed by atoms with van der Waals surface area (Å²) in [5.74, 6) is 1.43. The molecule has 1 saturated carbocycles. The maximum atomic E-state index is 9.43. The largest absolute Gasteiger partial charge is 0.396 e. The van der Waals surface area contributed by atoms with Gasteiger partial charge >= 0.3 is 0 Å². The van der Waals surface area contributed by atoms with Gasteiger partial charge in [0.15, 0.2) is 0 Å². The molecule has 0 bridgehead atoms. The van der Waals surface area contributed by atoms with E-state index in [-0.39, 0.29) is 12.7 Å². The molecule has 2 heteroatoms. The average Bonchev–Trinajstić information content (AvgIpc) is 2.80. The third-order valence-electron chi connectivity index (χ3n) is 2.82. The quantitative estimate of drug-likeness (QED) is 0.641. The Morgan fingerprint density at radius 2 is 2.09 bits per heavy atom. The molecule has 0 aromatic heterocycles. The Morgan fingerprint density at radius 3 is 2.55 bits per heavy atom. The molecule has 66 valence electrons. The molecule has 0 radical (unpaired) electrons. The lowest BCUT2D eigenvalue weighted by Gasteiger charge is -2.09. The van der Waals surface area contributed by atoms with Crippen molar-refractivity contribution in [1.29, 1.82) is 0 Å². The van der Waals surface area contributed by atoms with Gasteiger partial charge in [-0.15, -0.1) is 0 Å². The molecule has 4 atom stereocenters. The van der Waals surface area contributed by atoms with Crippen molar-refractivity contribution in [3.05, 3.63) is 0 Å². The molecule has 1 aliphatic carbocycles. The third-order valence-corrected chi connectivity index (χ3v) is 2.82. The molecule has 0 aromatic rings. The van der Waals surface area contributed by atoms with Crippen LogP contribution < -0.4 is 0 Å². The number of aliphatic hydroxyl groups excluding tert-OH is 2. The normalized spacial score (nSPS) is 34.9. The van der Waals surface area contributed by atoms with Crippen molar-refractivity contribution in [2.24, 2.45) is 17.8 Å². The minimum atomic E-state index is -0.131. The molecule has 0 spiro atoms. The molecule has 0 saturated heterocycles. The van der Waals surface area contributed by atoms with E-state index in [1.807, 2.05) is 13.8 Å². The van der Waals surface area contributed by atoms with Crippen molar-refractivity contribution in [2.45, 2.75) is 32.8 Å². The number of hydrogen-bond acceptors (Lipinski definition) is 2. The second kappa shape index (κ2) is 3.55. The van der Waals surface area contributed by atoms with Gasteiger partial charge in [0.25, 0.3) is 0 Å². The molecule has 1 rings (SSSR count). The summed E-state index contributed by atoms with van der Waals surface area (Å²) in [4.78, 5) is 0. The van der Waals surface area contributed by atoms with E-state index in [2.05, 4.69) is 0 Å². The summed E-state index contributed by atoms with van der Waals surface area (Å²) in [6, 6.07) is 0. The Balaban J connectivity index is 2.25. The Morgan fingerprint density at radius 1 is 1.45 bits per heavy atom. The van der Waals surface area contributed by atoms with Gasteiger partial charge < -0.3 is 10.2 Å². The van der Waals surface area contributed by atoms with E-state index in [1.54, 1.807) is 0 Å². The fraction of sp³-hybridized carbons (Fsp3) is 1.00. The highest BCUT2D eigenvalue weighted by atomic mass is 16.3. The zero-order valence-electron chi connectivity index (χ0n) is 7.33. The Bertz CT molecular complexity index is 111. The van der Waals surface area contributed by atoms with Crippen LogP contribution in [0.1, 0.15) is 26.7 Å². The molecular formula is C9H18O2. The van der Waals surface area contributed by atoms with E-state index >= 15 is 0 Å². The van der Waals surface area contributed by atoms with Gasteiger partial charge in [-0.05, 0) is 30.6 Å². The first kappa shape index (κ1) is 9.01. The molecule has 2 nitrogen and oxygen atoms in total. The highest BCUT2D eigenvalue weighted by Gasteiger charge is 2.44. The van der Waals surface area contributed by atoms with E-state index in [9.17, 15) is 5.11 Å². The van der Waals surface area contributed by atoms with Gasteiger partial charge in [0, 0.05) is 6.61 Å². The van der Waals surface area contributed by atoms with Crippen molar-refractivity contribution < 1.29 is 10.2 Å². The van der Waals surface area contributed by atoms with Crippen LogP contribution in [0.3, 0.4) is 0 Å². The summed E-state index contributed by atoms with van der Waals surface area (Å²) in [6.07, 6.45) is 1.82. The summed E-state index contributed by atoms with van der Waals surface area (Å²) in [6.45, 7) is 4.31. The lowest BCUT2D eigenvalue weighted by molar-refractivity contribution is 0.128. The summed E-state index contributed by atoms with van der Waals surface area (Å²) in [7, 11) is 0. The van der Waals surface area contributed by atoms with Crippen LogP contribution in [0.2, 0.25) is 0 Å². The van der Waals surface area contributed by atoms with Gasteiger partial charge in [0.05, 0.1) is 6.10 Å². The first-order valence-corrected chi connectivity index (χ1v) is 4.49. The molecule has 2 N–H and O–H groups in total. The lowest BCUT2D eigenvalue weighted by Crippen LogP contribution is -2.13. The zero-order chi connectivity index (χ0) is 8.43. The standard InChI is InChI=1S/C9H18O2/c1-3-9(11)8-4-7(8)6(2)5-10/h6-11H,3-5H2,1-2H3/t6-,7+,8+,9+/m0/s1. The van der Waals surface area contributed by atoms with Gasteiger partial charge in [0.2, 0.25) is 0 Å². The summed E-state index contributed by atoms with van der Waals surface area (Å²) in [5.41, 5.74) is 0. The molecule has 0 heterocycles. The molecule has 1 aliphatic rings. The average molecular weight is 158 g/mol. The smallest absolute Gasteiger partial charge is 0.0568 e. The van der Waals surface area contributed by atoms with Gasteiger partial charge in [-0.2, -0.15) is 0 Å². The van der Waals surface area contributed by atoms with Crippen molar-refractivity contribution in [3.63, 3.8) is 0 Å². The second-order valence-corrected chi connectivity index (χ2v) is 3.70. The Kier molecular flexibility index (Phi) is 2.90. The SMILES string of the molecule is CC[C@@H](O)[C@@H]1C[C@@H]1[C@@H](C)CO. The molecule has 0 amide bonds. The maximum Gasteiger partial charge on any atom is 0.0568 e. The van der Waals surface area contributed by atoms with Gasteiger partial charge in [-0.1, -0.05) is 13.8 Å². The van der Waals surface area contributed by atoms with Crippen LogP contribution in [0.5, 0.6) is 0 Å². The van der Waals surface area contributed by atoms with Gasteiger partial charge in [-0.25, -0.2) is 0 Å². The molecular weight excluding hydrogens is 140 g/mol. The van der Waals surface area contributed by atoms with Crippen LogP contribution in [-0.4, -0.2) is 22.9 Å². The summed E-state index contributed by atoms with van der Waals surface area (Å²) >= 11 is 0. The first-order valence-electron chi connectivity index (χ1n) is 4.49. The molecule has 0 unspecified atom stereocenters. The molecule has 0 aliphatic heterocycles. The van der Waals surface area contributed by atoms with Gasteiger partial charge in [0.1, 0.15) is 0 Å². The number of aliphatic hydroxyl groups is 2. The summed E-state index contributed by atoms with van der Waals surface area (Å²) in [5, 5.41) is 18.3. The second-order valence-electron chi connectivity index (χ2n) is 3.70. The zero-order valence-corrected chi connectivity index (χ0v) is 7.33. The topological polar surface area (TPSA) is 40.5 Å². The van der Waals surface area contributed by atoms with Crippen molar-refractivity contribution >= 4 is 0 Å². The molecule has 0 aromatic carbocycles. The van der Waals surface area contributed by atoms with E-state index in [4.69, 9.17) is 5.11 Å². The van der Waals surface area contributed by atoms with Crippen LogP contribution in [0.15, 0.2) is 0 Å². The van der Waals surface area contributed by atoms with Crippen LogP contribution in [0.25, 0.3) is 0 Å². The van der Waals surface area contributed by atoms with Crippen LogP contribution >= 0.6 is 0 Å². The molecule has 1 fully saturated rings. The monoisotopic (exact) mass is 158 g/mol. The van der Waals surface area contributed by atoms with Crippen LogP contribution in [0.4, 0.5) is 0 Å². The van der Waals surface area contributed by atoms with Crippen LogP contribution in [-0.2, 0) is 0 Å². The fourth-order valence-electron chi connectivity index (χ4n) is 1.77. The minimum Gasteiger partial charge on any atom is -0.396 e. The van der Waals surface area contributed by atoms with Crippen LogP contribution in [0, 0.1) is 17.8 Å². The fourth-order valence-corrected chi connectivity index (χ4v) is 1.77. The highest BCUT2D eigenvalue weighted by molar-refractivity contribution is 4.93. The van der Waals surface area contributed by atoms with E-state index in [0.717, 1.165) is 12.8 Å². The first-order chi connectivity index (χ1) is 5.20. The predicted octanol–water partition coefficient (Wildman–Crippen LogP) is 1.02. The lowest BCUT2D eigenvalue weighted by atomic mass is 10.0. The minimum absolute atomic E-state index is 0.131. The number of hydrogen-bond donors (Lipinski definition) is 2. The predicted molar refractivity (Wildman–Crippen MR) is 44.1 cm³/mol. The Hall–Kier alpha value is -0.0800. The third kappa shape index (κ3) is 1.94. The number of rotatable bonds is 4. The van der Waals surface area contributed by atoms with E-state index in [1.165, 1.54) is 0 Å². The van der Waals surface area contributed by atoms with E-state index in [0.29, 0.717) is 17.8 Å². The van der Waals surface area contributed by atoms with Crippen molar-refractivity contribution in [2.75, 3.05) is 6.61 Å². The molecule has 11 heavy (non-hydrogen) atoms. The van der Waals surface area contributed by atoms with E-state index < -0.39 is 0 Å². The maximum absolute atomic E-state index is 9.43. The van der Waals surface area contributed by atoms with Gasteiger partial charge in [-0.3, -0.25) is 0 Å². The van der Waals surface area contributed by atoms with Crippen molar-refractivity contribution in [1.82, 2.24) is 0 Å². The Labute approximate surface area is 68.2 Å². The van der Waals surface area contributed by atoms with Crippen molar-refractivity contribution in [3.8, 4) is 0 Å². The highest BCUT2D eigenvalue weighted by Crippen LogP contribution is 2.46.